The highest BCUT2D eigenvalue weighted by Gasteiger charge is 2.16. The summed E-state index contributed by atoms with van der Waals surface area (Å²) < 4.78 is 2.20. The second-order valence-corrected chi connectivity index (χ2v) is 5.78. The Morgan fingerprint density at radius 3 is 2.90 bits per heavy atom. The maximum Gasteiger partial charge on any atom is 0.141 e. The van der Waals surface area contributed by atoms with Crippen molar-refractivity contribution in [2.24, 2.45) is 0 Å². The fraction of sp³-hybridized carbons (Fsp3) is 0.235. The van der Waals surface area contributed by atoms with E-state index < -0.39 is 0 Å². The lowest BCUT2D eigenvalue weighted by atomic mass is 10.1. The summed E-state index contributed by atoms with van der Waals surface area (Å²) in [4.78, 5) is 4.80. The van der Waals surface area contributed by atoms with Gasteiger partial charge in [0.15, 0.2) is 0 Å². The lowest BCUT2D eigenvalue weighted by Crippen LogP contribution is -2.00. The van der Waals surface area contributed by atoms with Gasteiger partial charge < -0.3 is 9.88 Å². The number of rotatable bonds is 2. The molecule has 1 aromatic heterocycles. The Morgan fingerprint density at radius 1 is 1.19 bits per heavy atom. The number of nitrogens with one attached hydrogen (secondary N) is 1. The van der Waals surface area contributed by atoms with E-state index in [2.05, 4.69) is 35.0 Å². The molecule has 0 unspecified atom stereocenters. The molecule has 2 heterocycles. The quantitative estimate of drug-likeness (QED) is 0.775. The zero-order valence-electron chi connectivity index (χ0n) is 11.9. The molecule has 4 rings (SSSR count). The third-order valence-electron chi connectivity index (χ3n) is 4.13. The molecule has 3 nitrogen and oxygen atoms in total. The van der Waals surface area contributed by atoms with Crippen LogP contribution in [0.25, 0.3) is 22.4 Å². The van der Waals surface area contributed by atoms with Crippen molar-refractivity contribution >= 4 is 22.6 Å². The monoisotopic (exact) mass is 297 g/mol. The van der Waals surface area contributed by atoms with Gasteiger partial charge in [-0.2, -0.15) is 0 Å². The predicted octanol–water partition coefficient (Wildman–Crippen LogP) is 3.98. The van der Waals surface area contributed by atoms with Crippen molar-refractivity contribution in [1.29, 1.82) is 0 Å². The summed E-state index contributed by atoms with van der Waals surface area (Å²) in [6.45, 7) is 4.88. The number of fused-ring (bicyclic) bond motifs is 2. The predicted molar refractivity (Wildman–Crippen MR) is 86.4 cm³/mol. The lowest BCUT2D eigenvalue weighted by molar-refractivity contribution is 0.764. The Balaban J connectivity index is 1.96. The summed E-state index contributed by atoms with van der Waals surface area (Å²) in [5.41, 5.74) is 5.89. The Bertz CT molecular complexity index is 835. The van der Waals surface area contributed by atoms with Crippen LogP contribution in [0.5, 0.6) is 0 Å². The zero-order valence-corrected chi connectivity index (χ0v) is 12.6. The lowest BCUT2D eigenvalue weighted by Gasteiger charge is -2.08. The molecule has 0 atom stereocenters. The first-order valence-corrected chi connectivity index (χ1v) is 7.63. The molecule has 106 valence electrons. The van der Waals surface area contributed by atoms with Crippen molar-refractivity contribution < 1.29 is 0 Å². The summed E-state index contributed by atoms with van der Waals surface area (Å²) in [7, 11) is 0. The number of nitrogens with zero attached hydrogens (tertiary/aromatic N) is 2. The number of halogens is 1. The largest absolute Gasteiger partial charge is 0.323 e. The maximum absolute atomic E-state index is 6.36. The van der Waals surface area contributed by atoms with E-state index in [0.717, 1.165) is 47.1 Å². The van der Waals surface area contributed by atoms with Gasteiger partial charge in [0.1, 0.15) is 5.82 Å². The molecule has 0 spiro atoms. The first-order valence-electron chi connectivity index (χ1n) is 7.25. The molecular formula is C17H16ClN3. The van der Waals surface area contributed by atoms with Gasteiger partial charge in [0.05, 0.1) is 16.1 Å². The van der Waals surface area contributed by atoms with Crippen LogP contribution in [-0.4, -0.2) is 9.55 Å². The van der Waals surface area contributed by atoms with Crippen LogP contribution < -0.4 is 5.32 Å². The van der Waals surface area contributed by atoms with Gasteiger partial charge in [-0.15, -0.1) is 0 Å². The van der Waals surface area contributed by atoms with Crippen molar-refractivity contribution in [2.45, 2.75) is 26.6 Å². The summed E-state index contributed by atoms with van der Waals surface area (Å²) in [6.07, 6.45) is 0. The van der Waals surface area contributed by atoms with E-state index in [9.17, 15) is 0 Å². The minimum absolute atomic E-state index is 0.760. The van der Waals surface area contributed by atoms with Crippen molar-refractivity contribution in [2.75, 3.05) is 0 Å². The molecule has 1 N–H and O–H groups in total. The standard InChI is InChI=1S/C17H16ClN3/c1-2-21-16-14(18)4-3-5-15(16)20-17(21)11-6-7-12-9-19-10-13(12)8-11/h3-8,19H,2,9-10H2,1H3. The fourth-order valence-electron chi connectivity index (χ4n) is 3.10. The van der Waals surface area contributed by atoms with Gasteiger partial charge in [0.25, 0.3) is 0 Å². The molecule has 0 bridgehead atoms. The van der Waals surface area contributed by atoms with E-state index in [0.29, 0.717) is 0 Å². The van der Waals surface area contributed by atoms with Crippen molar-refractivity contribution in [1.82, 2.24) is 14.9 Å². The Kier molecular flexibility index (Phi) is 2.98. The number of imidazole rings is 1. The summed E-state index contributed by atoms with van der Waals surface area (Å²) in [5, 5.41) is 4.14. The molecule has 0 saturated heterocycles. The molecule has 0 saturated carbocycles. The number of aryl methyl sites for hydroxylation is 1. The van der Waals surface area contributed by atoms with Gasteiger partial charge in [-0.3, -0.25) is 0 Å². The molecular weight excluding hydrogens is 282 g/mol. The second kappa shape index (κ2) is 4.86. The molecule has 2 aromatic carbocycles. The molecule has 21 heavy (non-hydrogen) atoms. The third kappa shape index (κ3) is 1.96. The van der Waals surface area contributed by atoms with Crippen LogP contribution in [0.1, 0.15) is 18.1 Å². The van der Waals surface area contributed by atoms with Crippen molar-refractivity contribution in [3.63, 3.8) is 0 Å². The molecule has 1 aliphatic heterocycles. The van der Waals surface area contributed by atoms with E-state index in [1.807, 2.05) is 18.2 Å². The zero-order chi connectivity index (χ0) is 14.4. The topological polar surface area (TPSA) is 29.9 Å². The molecule has 3 aromatic rings. The number of benzene rings is 2. The molecule has 4 heteroatoms. The van der Waals surface area contributed by atoms with Gasteiger partial charge in [-0.05, 0) is 36.2 Å². The Morgan fingerprint density at radius 2 is 2.05 bits per heavy atom. The normalized spacial score (nSPS) is 13.8. The highest BCUT2D eigenvalue weighted by Crippen LogP contribution is 2.31. The molecule has 1 aliphatic rings. The number of hydrogen-bond acceptors (Lipinski definition) is 2. The van der Waals surface area contributed by atoms with Crippen LogP contribution in [-0.2, 0) is 19.6 Å². The fourth-order valence-corrected chi connectivity index (χ4v) is 3.38. The van der Waals surface area contributed by atoms with E-state index in [-0.39, 0.29) is 0 Å². The second-order valence-electron chi connectivity index (χ2n) is 5.37. The average molecular weight is 298 g/mol. The first-order chi connectivity index (χ1) is 10.3. The Hall–Kier alpha value is -1.84. The van der Waals surface area contributed by atoms with Crippen LogP contribution in [0.2, 0.25) is 5.02 Å². The Labute approximate surface area is 128 Å². The maximum atomic E-state index is 6.36. The molecule has 0 radical (unpaired) electrons. The first kappa shape index (κ1) is 12.9. The van der Waals surface area contributed by atoms with E-state index in [1.54, 1.807) is 0 Å². The number of para-hydroxylation sites is 1. The minimum atomic E-state index is 0.760. The highest BCUT2D eigenvalue weighted by atomic mass is 35.5. The van der Waals surface area contributed by atoms with Crippen LogP contribution in [0.4, 0.5) is 0 Å². The average Bonchev–Trinajstić information content (AvgIpc) is 3.10. The van der Waals surface area contributed by atoms with Crippen LogP contribution >= 0.6 is 11.6 Å². The van der Waals surface area contributed by atoms with Gasteiger partial charge in [-0.1, -0.05) is 29.8 Å². The van der Waals surface area contributed by atoms with E-state index in [1.165, 1.54) is 11.1 Å². The van der Waals surface area contributed by atoms with Crippen molar-refractivity contribution in [3.8, 4) is 11.4 Å². The van der Waals surface area contributed by atoms with Crippen molar-refractivity contribution in [3.05, 3.63) is 52.5 Å². The number of hydrogen-bond donors (Lipinski definition) is 1. The van der Waals surface area contributed by atoms with Gasteiger partial charge >= 0.3 is 0 Å². The SMILES string of the molecule is CCn1c(-c2ccc3c(c2)CNC3)nc2cccc(Cl)c21. The van der Waals surface area contributed by atoms with E-state index >= 15 is 0 Å². The van der Waals surface area contributed by atoms with Gasteiger partial charge in [0.2, 0.25) is 0 Å². The van der Waals surface area contributed by atoms with E-state index in [4.69, 9.17) is 16.6 Å². The highest BCUT2D eigenvalue weighted by molar-refractivity contribution is 6.35. The summed E-state index contributed by atoms with van der Waals surface area (Å²) >= 11 is 6.36. The third-order valence-corrected chi connectivity index (χ3v) is 4.43. The molecule has 0 aliphatic carbocycles. The molecule has 0 fully saturated rings. The summed E-state index contributed by atoms with van der Waals surface area (Å²) in [6, 6.07) is 12.5. The summed E-state index contributed by atoms with van der Waals surface area (Å²) in [5.74, 6) is 0.996. The minimum Gasteiger partial charge on any atom is -0.323 e. The van der Waals surface area contributed by atoms with Crippen LogP contribution in [0.15, 0.2) is 36.4 Å². The smallest absolute Gasteiger partial charge is 0.141 e. The molecule has 0 amide bonds. The van der Waals surface area contributed by atoms with Crippen LogP contribution in [0, 0.1) is 0 Å². The van der Waals surface area contributed by atoms with Crippen LogP contribution in [0.3, 0.4) is 0 Å². The van der Waals surface area contributed by atoms with Gasteiger partial charge in [0, 0.05) is 25.2 Å². The number of aromatic nitrogens is 2. The van der Waals surface area contributed by atoms with Gasteiger partial charge in [-0.25, -0.2) is 4.98 Å².